The molecular weight excluding hydrogens is 593 g/mol. The smallest absolute Gasteiger partial charge is 0.260 e. The highest BCUT2D eigenvalue weighted by Crippen LogP contribution is 2.36. The molecule has 3 heterocycles. The van der Waals surface area contributed by atoms with Crippen molar-refractivity contribution in [2.75, 3.05) is 43.4 Å². The van der Waals surface area contributed by atoms with Gasteiger partial charge in [-0.05, 0) is 82.0 Å². The first-order valence-electron chi connectivity index (χ1n) is 15.5. The van der Waals surface area contributed by atoms with Gasteiger partial charge in [0.05, 0.1) is 10.6 Å². The second kappa shape index (κ2) is 12.8. The van der Waals surface area contributed by atoms with Gasteiger partial charge in [-0.25, -0.2) is 9.37 Å². The third-order valence-electron chi connectivity index (χ3n) is 9.20. The minimum Gasteiger partial charge on any atom is -0.369 e. The van der Waals surface area contributed by atoms with Crippen LogP contribution in [0.4, 0.5) is 21.7 Å². The Bertz CT molecular complexity index is 1810. The van der Waals surface area contributed by atoms with Crippen LogP contribution in [0.1, 0.15) is 49.8 Å². The van der Waals surface area contributed by atoms with Crippen molar-refractivity contribution in [2.45, 2.75) is 58.5 Å². The molecule has 11 heteroatoms. The normalized spacial score (nSPS) is 19.1. The molecular formula is C34H39ClFN7O2. The second-order valence-electron chi connectivity index (χ2n) is 12.3. The molecule has 1 aliphatic carbocycles. The highest BCUT2D eigenvalue weighted by atomic mass is 35.5. The summed E-state index contributed by atoms with van der Waals surface area (Å²) >= 11 is 6.41. The van der Waals surface area contributed by atoms with Crippen LogP contribution in [0.3, 0.4) is 0 Å². The van der Waals surface area contributed by atoms with Crippen LogP contribution in [0.2, 0.25) is 5.02 Å². The topological polar surface area (TPSA) is 95.4 Å². The number of fused-ring (bicyclic) bond motifs is 1. The van der Waals surface area contributed by atoms with Gasteiger partial charge in [0.1, 0.15) is 11.5 Å². The van der Waals surface area contributed by atoms with Gasteiger partial charge in [0.25, 0.3) is 5.56 Å². The Morgan fingerprint density at radius 2 is 1.78 bits per heavy atom. The lowest BCUT2D eigenvalue weighted by Crippen LogP contribution is -2.44. The van der Waals surface area contributed by atoms with Gasteiger partial charge in [0, 0.05) is 73.7 Å². The molecule has 0 spiro atoms. The summed E-state index contributed by atoms with van der Waals surface area (Å²) in [5, 5.41) is 6.96. The standard InChI is InChI=1S/C34H39ClFN7O2/c1-20-18-24(10-13-29(20)42-16-14-41(4)15-17-42)39-34-37-19-27-21(2)30(26-6-5-7-28(36)31(26)35)33(45)43(32(27)40-34)25-11-8-23(9-12-25)38-22(3)44/h5-7,10,13,18-19,23,25H,8-9,11-12,14-17H2,1-4H3,(H,38,44)(H,37,39,40)/t23-,25+. The Kier molecular flexibility index (Phi) is 8.79. The summed E-state index contributed by atoms with van der Waals surface area (Å²) in [6.45, 7) is 9.51. The molecule has 0 radical (unpaired) electrons. The number of hydrogen-bond acceptors (Lipinski definition) is 7. The number of carbonyl (C=O) groups is 1. The molecule has 2 N–H and O–H groups in total. The largest absolute Gasteiger partial charge is 0.369 e. The van der Waals surface area contributed by atoms with Crippen molar-refractivity contribution < 1.29 is 9.18 Å². The van der Waals surface area contributed by atoms with Gasteiger partial charge >= 0.3 is 0 Å². The summed E-state index contributed by atoms with van der Waals surface area (Å²) in [5.74, 6) is -0.264. The number of aromatic nitrogens is 3. The van der Waals surface area contributed by atoms with Crippen molar-refractivity contribution in [3.63, 3.8) is 0 Å². The maximum Gasteiger partial charge on any atom is 0.260 e. The Morgan fingerprint density at radius 1 is 1.04 bits per heavy atom. The fourth-order valence-corrected chi connectivity index (χ4v) is 7.00. The third-order valence-corrected chi connectivity index (χ3v) is 9.58. The summed E-state index contributed by atoms with van der Waals surface area (Å²) in [6.07, 6.45) is 4.55. The maximum absolute atomic E-state index is 14.6. The quantitative estimate of drug-likeness (QED) is 0.270. The number of pyridine rings is 1. The average Bonchev–Trinajstić information content (AvgIpc) is 3.00. The van der Waals surface area contributed by atoms with Gasteiger partial charge < -0.3 is 20.4 Å². The van der Waals surface area contributed by atoms with Gasteiger partial charge in [-0.15, -0.1) is 0 Å². The predicted molar refractivity (Wildman–Crippen MR) is 178 cm³/mol. The fourth-order valence-electron chi connectivity index (χ4n) is 6.78. The zero-order valence-electron chi connectivity index (χ0n) is 26.2. The molecule has 0 unspecified atom stereocenters. The Labute approximate surface area is 267 Å². The van der Waals surface area contributed by atoms with Crippen LogP contribution in [0.15, 0.2) is 47.4 Å². The lowest BCUT2D eigenvalue weighted by Gasteiger charge is -2.35. The number of carbonyl (C=O) groups excluding carboxylic acids is 1. The molecule has 236 valence electrons. The molecule has 6 rings (SSSR count). The van der Waals surface area contributed by atoms with Crippen LogP contribution < -0.4 is 21.1 Å². The molecule has 2 aromatic heterocycles. The first-order chi connectivity index (χ1) is 21.6. The zero-order valence-corrected chi connectivity index (χ0v) is 26.9. The lowest BCUT2D eigenvalue weighted by molar-refractivity contribution is -0.119. The van der Waals surface area contributed by atoms with Gasteiger partial charge in [-0.3, -0.25) is 14.2 Å². The minimum atomic E-state index is -0.583. The molecule has 2 fully saturated rings. The molecule has 0 bridgehead atoms. The van der Waals surface area contributed by atoms with Gasteiger partial charge in [0.2, 0.25) is 11.9 Å². The lowest BCUT2D eigenvalue weighted by atomic mass is 9.90. The predicted octanol–water partition coefficient (Wildman–Crippen LogP) is 5.98. The van der Waals surface area contributed by atoms with Crippen molar-refractivity contribution in [1.29, 1.82) is 0 Å². The molecule has 9 nitrogen and oxygen atoms in total. The molecule has 1 saturated carbocycles. The number of aryl methyl sites for hydroxylation is 2. The van der Waals surface area contributed by atoms with E-state index >= 15 is 0 Å². The van der Waals surface area contributed by atoms with Gasteiger partial charge in [0.15, 0.2) is 0 Å². The fraction of sp³-hybridized carbons (Fsp3) is 0.412. The number of benzene rings is 2. The summed E-state index contributed by atoms with van der Waals surface area (Å²) in [7, 11) is 2.15. The third kappa shape index (κ3) is 6.26. The van der Waals surface area contributed by atoms with Gasteiger partial charge in [-0.1, -0.05) is 23.7 Å². The maximum atomic E-state index is 14.6. The Morgan fingerprint density at radius 3 is 2.47 bits per heavy atom. The molecule has 1 aliphatic heterocycles. The van der Waals surface area contributed by atoms with E-state index in [1.165, 1.54) is 18.7 Å². The van der Waals surface area contributed by atoms with Crippen LogP contribution in [0.25, 0.3) is 22.2 Å². The summed E-state index contributed by atoms with van der Waals surface area (Å²) in [5.41, 5.74) is 4.81. The van der Waals surface area contributed by atoms with E-state index in [9.17, 15) is 14.0 Å². The van der Waals surface area contributed by atoms with Crippen molar-refractivity contribution in [2.24, 2.45) is 0 Å². The number of nitrogens with one attached hydrogen (secondary N) is 2. The number of amides is 1. The number of piperazine rings is 1. The number of hydrogen-bond donors (Lipinski definition) is 2. The molecule has 4 aromatic rings. The van der Waals surface area contributed by atoms with E-state index in [1.807, 2.05) is 13.0 Å². The van der Waals surface area contributed by atoms with E-state index < -0.39 is 5.82 Å². The van der Waals surface area contributed by atoms with Crippen LogP contribution >= 0.6 is 11.6 Å². The molecule has 2 aliphatic rings. The Hall–Kier alpha value is -4.02. The highest BCUT2D eigenvalue weighted by molar-refractivity contribution is 6.33. The van der Waals surface area contributed by atoms with E-state index in [-0.39, 0.29) is 28.6 Å². The Balaban J connectivity index is 1.39. The minimum absolute atomic E-state index is 0.0605. The molecule has 2 aromatic carbocycles. The van der Waals surface area contributed by atoms with E-state index in [1.54, 1.807) is 22.9 Å². The zero-order chi connectivity index (χ0) is 31.8. The molecule has 1 saturated heterocycles. The van der Waals surface area contributed by atoms with Crippen LogP contribution in [-0.4, -0.2) is 64.6 Å². The number of anilines is 3. The van der Waals surface area contributed by atoms with Crippen molar-refractivity contribution in [1.82, 2.24) is 24.8 Å². The summed E-state index contributed by atoms with van der Waals surface area (Å²) in [6, 6.07) is 10.7. The number of rotatable bonds is 6. The molecule has 1 amide bonds. The summed E-state index contributed by atoms with van der Waals surface area (Å²) in [4.78, 5) is 40.3. The highest BCUT2D eigenvalue weighted by Gasteiger charge is 2.28. The van der Waals surface area contributed by atoms with Gasteiger partial charge in [-0.2, -0.15) is 4.98 Å². The van der Waals surface area contributed by atoms with E-state index in [0.29, 0.717) is 46.5 Å². The van der Waals surface area contributed by atoms with Crippen molar-refractivity contribution >= 4 is 45.9 Å². The van der Waals surface area contributed by atoms with Crippen molar-refractivity contribution in [3.8, 4) is 11.1 Å². The number of nitrogens with zero attached hydrogens (tertiary/aromatic N) is 5. The number of halogens is 2. The second-order valence-corrected chi connectivity index (χ2v) is 12.7. The van der Waals surface area contributed by atoms with Crippen molar-refractivity contribution in [3.05, 3.63) is 74.9 Å². The van der Waals surface area contributed by atoms with Crippen LogP contribution in [0.5, 0.6) is 0 Å². The number of likely N-dealkylation sites (N-methyl/N-ethyl adjacent to an activating group) is 1. The van der Waals surface area contributed by atoms with E-state index in [2.05, 4.69) is 51.5 Å². The first kappa shape index (κ1) is 31.0. The van der Waals surface area contributed by atoms with E-state index in [4.69, 9.17) is 16.6 Å². The average molecular weight is 632 g/mol. The SMILES string of the molecule is CC(=O)N[C@H]1CC[C@@H](n2c(=O)c(-c3cccc(F)c3Cl)c(C)c3cnc(Nc4ccc(N5CCN(C)CC5)c(C)c4)nc32)CC1. The molecule has 0 atom stereocenters. The summed E-state index contributed by atoms with van der Waals surface area (Å²) < 4.78 is 16.3. The monoisotopic (exact) mass is 631 g/mol. The first-order valence-corrected chi connectivity index (χ1v) is 15.9. The van der Waals surface area contributed by atoms with E-state index in [0.717, 1.165) is 50.3 Å². The van der Waals surface area contributed by atoms with Crippen LogP contribution in [0, 0.1) is 19.7 Å². The van der Waals surface area contributed by atoms with Crippen LogP contribution in [-0.2, 0) is 4.79 Å². The molecule has 45 heavy (non-hydrogen) atoms.